The number of benzene rings is 1. The van der Waals surface area contributed by atoms with E-state index in [1.807, 2.05) is 24.3 Å². The molecule has 0 aliphatic heterocycles. The molecule has 0 spiro atoms. The second-order valence-corrected chi connectivity index (χ2v) is 7.33. The molecule has 3 N–H and O–H groups in total. The van der Waals surface area contributed by atoms with Gasteiger partial charge in [0.25, 0.3) is 5.56 Å². The van der Waals surface area contributed by atoms with Crippen LogP contribution in [0.25, 0.3) is 16.5 Å². The summed E-state index contributed by atoms with van der Waals surface area (Å²) in [5.74, 6) is -0.429. The lowest BCUT2D eigenvalue weighted by molar-refractivity contribution is 1.03. The van der Waals surface area contributed by atoms with E-state index in [0.717, 1.165) is 16.5 Å². The third-order valence-corrected chi connectivity index (χ3v) is 5.78. The molecule has 5 rings (SSSR count). The van der Waals surface area contributed by atoms with Crippen LogP contribution >= 0.6 is 22.9 Å². The van der Waals surface area contributed by atoms with E-state index in [4.69, 9.17) is 17.0 Å². The Morgan fingerprint density at radius 2 is 2.19 bits per heavy atom. The molecule has 4 aromatic rings. The Morgan fingerprint density at radius 3 is 3.00 bits per heavy atom. The number of nitrogens with one attached hydrogen (secondary N) is 3. The van der Waals surface area contributed by atoms with Crippen molar-refractivity contribution >= 4 is 45.1 Å². The predicted molar refractivity (Wildman–Crippen MR) is 105 cm³/mol. The van der Waals surface area contributed by atoms with Gasteiger partial charge in [-0.2, -0.15) is 5.10 Å². The van der Waals surface area contributed by atoms with Gasteiger partial charge in [0.05, 0.1) is 35.0 Å². The highest BCUT2D eigenvalue weighted by Crippen LogP contribution is 2.38. The normalized spacial score (nSPS) is 16.4. The highest BCUT2D eigenvalue weighted by atomic mass is 35.5. The fourth-order valence-corrected chi connectivity index (χ4v) is 4.37. The number of allylic oxidation sites excluding steroid dienone is 1. The molecule has 1 unspecified atom stereocenters. The zero-order valence-corrected chi connectivity index (χ0v) is 15.2. The van der Waals surface area contributed by atoms with Gasteiger partial charge in [0.15, 0.2) is 0 Å². The summed E-state index contributed by atoms with van der Waals surface area (Å²) in [6, 6.07) is 5.77. The average molecular weight is 395 g/mol. The van der Waals surface area contributed by atoms with E-state index in [2.05, 4.69) is 25.1 Å². The zero-order chi connectivity index (χ0) is 18.5. The van der Waals surface area contributed by atoms with E-state index in [1.165, 1.54) is 17.7 Å². The number of hydrogen-bond acceptors (Lipinski definition) is 6. The molecule has 132 valence electrons. The fraction of sp³-hybridized carbons (Fsp3) is 0.0556. The molecule has 3 heterocycles. The minimum atomic E-state index is -0.429. The molecule has 3 aromatic heterocycles. The Morgan fingerprint density at radius 1 is 1.30 bits per heavy atom. The van der Waals surface area contributed by atoms with Crippen molar-refractivity contribution in [3.05, 3.63) is 79.5 Å². The lowest BCUT2D eigenvalue weighted by atomic mass is 9.81. The molecule has 9 heteroatoms. The largest absolute Gasteiger partial charge is 0.313 e. The molecule has 0 radical (unpaired) electrons. The van der Waals surface area contributed by atoms with Crippen molar-refractivity contribution in [1.82, 2.24) is 25.1 Å². The van der Waals surface area contributed by atoms with E-state index < -0.39 is 5.92 Å². The Labute approximate surface area is 161 Å². The van der Waals surface area contributed by atoms with Gasteiger partial charge in [-0.1, -0.05) is 29.8 Å². The van der Waals surface area contributed by atoms with Gasteiger partial charge in [0, 0.05) is 22.3 Å². The summed E-state index contributed by atoms with van der Waals surface area (Å²) in [6.45, 7) is 0. The first-order valence-corrected chi connectivity index (χ1v) is 9.31. The van der Waals surface area contributed by atoms with Crippen molar-refractivity contribution in [2.45, 2.75) is 5.92 Å². The molecule has 1 aromatic carbocycles. The lowest BCUT2D eigenvalue weighted by Gasteiger charge is -2.23. The first kappa shape index (κ1) is 16.1. The van der Waals surface area contributed by atoms with Gasteiger partial charge < -0.3 is 10.4 Å². The fourth-order valence-electron chi connectivity index (χ4n) is 3.40. The number of fused-ring (bicyclic) bond motifs is 2. The smallest absolute Gasteiger partial charge is 0.260 e. The second kappa shape index (κ2) is 5.97. The number of H-pyrrole nitrogens is 2. The van der Waals surface area contributed by atoms with Crippen molar-refractivity contribution < 1.29 is 0 Å². The van der Waals surface area contributed by atoms with E-state index >= 15 is 0 Å². The zero-order valence-electron chi connectivity index (χ0n) is 13.7. The number of rotatable bonds is 2. The van der Waals surface area contributed by atoms with Crippen molar-refractivity contribution in [2.24, 2.45) is 0 Å². The average Bonchev–Trinajstić information content (AvgIpc) is 3.31. The predicted octanol–water partition coefficient (Wildman–Crippen LogP) is 3.35. The topological polar surface area (TPSA) is 111 Å². The van der Waals surface area contributed by atoms with Gasteiger partial charge in [-0.05, 0) is 11.6 Å². The van der Waals surface area contributed by atoms with Gasteiger partial charge in [-0.15, -0.1) is 11.3 Å². The van der Waals surface area contributed by atoms with Gasteiger partial charge in [0.1, 0.15) is 10.2 Å². The summed E-state index contributed by atoms with van der Waals surface area (Å²) in [4.78, 5) is 23.8. The maximum atomic E-state index is 12.5. The van der Waals surface area contributed by atoms with E-state index in [9.17, 15) is 4.79 Å². The lowest BCUT2D eigenvalue weighted by Crippen LogP contribution is -2.28. The Kier molecular flexibility index (Phi) is 3.56. The standard InChI is InChI=1S/C18H11ClN6OS/c19-13-6-27-18(24-13)10-4-9(8-2-1-3-12-11(8)5-23-25-12)15(20)14-16(10)21-7-22-17(14)26/h1-7,9,20H,(H,23,25)(H,21,22,26). The van der Waals surface area contributed by atoms with Crippen molar-refractivity contribution in [3.63, 3.8) is 0 Å². The highest BCUT2D eigenvalue weighted by molar-refractivity contribution is 7.11. The van der Waals surface area contributed by atoms with Crippen LogP contribution in [-0.2, 0) is 0 Å². The number of halogens is 1. The second-order valence-electron chi connectivity index (χ2n) is 6.08. The number of nitrogens with zero attached hydrogens (tertiary/aromatic N) is 3. The summed E-state index contributed by atoms with van der Waals surface area (Å²) < 4.78 is 0. The molecule has 27 heavy (non-hydrogen) atoms. The van der Waals surface area contributed by atoms with Gasteiger partial charge >= 0.3 is 0 Å². The molecule has 1 aliphatic rings. The molecule has 0 saturated carbocycles. The molecule has 0 saturated heterocycles. The van der Waals surface area contributed by atoms with Crippen LogP contribution in [0, 0.1) is 5.41 Å². The van der Waals surface area contributed by atoms with Crippen LogP contribution in [0.15, 0.2) is 47.0 Å². The van der Waals surface area contributed by atoms with Crippen LogP contribution in [0.5, 0.6) is 0 Å². The van der Waals surface area contributed by atoms with Crippen LogP contribution in [-0.4, -0.2) is 30.9 Å². The van der Waals surface area contributed by atoms with E-state index in [0.29, 0.717) is 21.4 Å². The minimum Gasteiger partial charge on any atom is -0.313 e. The Hall–Kier alpha value is -3.10. The molecule has 1 aliphatic carbocycles. The van der Waals surface area contributed by atoms with Crippen LogP contribution < -0.4 is 5.56 Å². The molecule has 0 fully saturated rings. The summed E-state index contributed by atoms with van der Waals surface area (Å²) >= 11 is 7.39. The molecular weight excluding hydrogens is 384 g/mol. The Bertz CT molecular complexity index is 1300. The van der Waals surface area contributed by atoms with Crippen molar-refractivity contribution in [1.29, 1.82) is 5.41 Å². The van der Waals surface area contributed by atoms with Gasteiger partial charge in [-0.25, -0.2) is 9.97 Å². The van der Waals surface area contributed by atoms with Crippen molar-refractivity contribution in [2.75, 3.05) is 0 Å². The first-order chi connectivity index (χ1) is 13.1. The van der Waals surface area contributed by atoms with Gasteiger partial charge in [0.2, 0.25) is 0 Å². The minimum absolute atomic E-state index is 0.194. The maximum absolute atomic E-state index is 12.5. The number of hydrogen-bond donors (Lipinski definition) is 3. The summed E-state index contributed by atoms with van der Waals surface area (Å²) in [5.41, 5.74) is 3.02. The third-order valence-electron chi connectivity index (χ3n) is 4.58. The summed E-state index contributed by atoms with van der Waals surface area (Å²) in [6.07, 6.45) is 5.00. The van der Waals surface area contributed by atoms with E-state index in [-0.39, 0.29) is 16.8 Å². The van der Waals surface area contributed by atoms with Crippen LogP contribution in [0.4, 0.5) is 0 Å². The number of thiazole rings is 1. The van der Waals surface area contributed by atoms with Gasteiger partial charge in [-0.3, -0.25) is 9.89 Å². The number of aromatic amines is 2. The maximum Gasteiger partial charge on any atom is 0.260 e. The first-order valence-electron chi connectivity index (χ1n) is 8.05. The highest BCUT2D eigenvalue weighted by Gasteiger charge is 2.32. The molecule has 1 atom stereocenters. The van der Waals surface area contributed by atoms with Crippen LogP contribution in [0.2, 0.25) is 5.15 Å². The SMILES string of the molecule is N=C1c2c(nc[nH]c2=O)C(c2nc(Cl)cs2)=CC1c1cccc2[nH]ncc12. The molecule has 0 amide bonds. The molecule has 7 nitrogen and oxygen atoms in total. The van der Waals surface area contributed by atoms with Crippen LogP contribution in [0.1, 0.15) is 27.7 Å². The molecule has 0 bridgehead atoms. The summed E-state index contributed by atoms with van der Waals surface area (Å²) in [7, 11) is 0. The number of aromatic nitrogens is 5. The summed E-state index contributed by atoms with van der Waals surface area (Å²) in [5, 5.41) is 19.4. The molecular formula is C18H11ClN6OS. The monoisotopic (exact) mass is 394 g/mol. The third kappa shape index (κ3) is 2.45. The van der Waals surface area contributed by atoms with E-state index in [1.54, 1.807) is 11.6 Å². The quantitative estimate of drug-likeness (QED) is 0.484. The van der Waals surface area contributed by atoms with Crippen molar-refractivity contribution in [3.8, 4) is 0 Å². The van der Waals surface area contributed by atoms with Crippen LogP contribution in [0.3, 0.4) is 0 Å². The Balaban J connectivity index is 1.80.